The van der Waals surface area contributed by atoms with Crippen LogP contribution in [-0.2, 0) is 0 Å². The van der Waals surface area contributed by atoms with Crippen molar-refractivity contribution in [3.05, 3.63) is 96.0 Å². The highest BCUT2D eigenvalue weighted by Crippen LogP contribution is 2.45. The van der Waals surface area contributed by atoms with Gasteiger partial charge in [-0.1, -0.05) is 18.2 Å². The fraction of sp³-hybridized carbons (Fsp3) is 0.115. The molecule has 2 aromatic carbocycles. The van der Waals surface area contributed by atoms with E-state index in [2.05, 4.69) is 10.3 Å². The zero-order valence-electron chi connectivity index (χ0n) is 18.3. The lowest BCUT2D eigenvalue weighted by Gasteiger charge is -2.26. The van der Waals surface area contributed by atoms with Crippen molar-refractivity contribution in [1.29, 1.82) is 0 Å². The summed E-state index contributed by atoms with van der Waals surface area (Å²) in [6.07, 6.45) is 1.74. The summed E-state index contributed by atoms with van der Waals surface area (Å²) < 4.78 is 17.4. The Morgan fingerprint density at radius 2 is 1.91 bits per heavy atom. The maximum Gasteiger partial charge on any atom is 0.335 e. The zero-order chi connectivity index (χ0) is 23.9. The van der Waals surface area contributed by atoms with E-state index in [4.69, 9.17) is 26.1 Å². The molecule has 1 saturated heterocycles. The van der Waals surface area contributed by atoms with E-state index in [1.807, 2.05) is 59.5 Å². The number of pyridine rings is 1. The monoisotopic (exact) mass is 485 g/mol. The van der Waals surface area contributed by atoms with Gasteiger partial charge in [0.1, 0.15) is 17.6 Å². The first-order valence-corrected chi connectivity index (χ1v) is 11.3. The minimum atomic E-state index is -0.992. The van der Waals surface area contributed by atoms with Gasteiger partial charge in [-0.25, -0.2) is 4.79 Å². The normalized spacial score (nSPS) is 18.5. The number of rotatable bonds is 5. The molecule has 2 atom stereocenters. The third-order valence-corrected chi connectivity index (χ3v) is 6.36. The van der Waals surface area contributed by atoms with Gasteiger partial charge >= 0.3 is 5.97 Å². The lowest BCUT2D eigenvalue weighted by atomic mass is 10.0. The number of hydrogen-bond acceptors (Lipinski definition) is 6. The second-order valence-electron chi connectivity index (χ2n) is 8.12. The highest BCUT2D eigenvalue weighted by atomic mass is 32.1. The summed E-state index contributed by atoms with van der Waals surface area (Å²) in [5.74, 6) is 1.56. The average Bonchev–Trinajstić information content (AvgIpc) is 3.62. The number of aromatic nitrogens is 1. The number of benzene rings is 2. The van der Waals surface area contributed by atoms with Gasteiger partial charge in [-0.2, -0.15) is 0 Å². The highest BCUT2D eigenvalue weighted by molar-refractivity contribution is 7.80. The van der Waals surface area contributed by atoms with Gasteiger partial charge < -0.3 is 29.2 Å². The molecule has 0 saturated carbocycles. The topological polar surface area (TPSA) is 97.1 Å². The second-order valence-corrected chi connectivity index (χ2v) is 8.51. The minimum Gasteiger partial charge on any atom is -0.478 e. The van der Waals surface area contributed by atoms with Crippen molar-refractivity contribution in [2.24, 2.45) is 0 Å². The molecule has 174 valence electrons. The Hall–Kier alpha value is -4.37. The number of nitrogens with zero attached hydrogens (tertiary/aromatic N) is 2. The molecule has 2 aliphatic rings. The van der Waals surface area contributed by atoms with E-state index in [1.54, 1.807) is 24.4 Å². The Labute approximate surface area is 205 Å². The number of carboxylic acid groups (broad SMARTS) is 1. The van der Waals surface area contributed by atoms with Crippen LogP contribution in [0.5, 0.6) is 11.5 Å². The molecule has 8 nitrogen and oxygen atoms in total. The van der Waals surface area contributed by atoms with Crippen LogP contribution in [0.25, 0.3) is 11.3 Å². The van der Waals surface area contributed by atoms with Crippen LogP contribution in [0, 0.1) is 0 Å². The van der Waals surface area contributed by atoms with Crippen LogP contribution < -0.4 is 19.7 Å². The van der Waals surface area contributed by atoms with E-state index in [9.17, 15) is 9.90 Å². The molecular formula is C26H19N3O5S. The van der Waals surface area contributed by atoms with Crippen LogP contribution >= 0.6 is 12.2 Å². The SMILES string of the molecule is O=C(O)c1cccc(-c2ccc([C@H]3[C@H](c4ccccn4)NC(=S)N3c3ccc4c(c3)OCO4)o2)c1. The van der Waals surface area contributed by atoms with E-state index < -0.39 is 5.97 Å². The molecule has 0 bridgehead atoms. The molecule has 9 heteroatoms. The van der Waals surface area contributed by atoms with Crippen molar-refractivity contribution in [3.8, 4) is 22.8 Å². The van der Waals surface area contributed by atoms with Crippen molar-refractivity contribution >= 4 is 29.0 Å². The molecule has 0 aliphatic carbocycles. The fourth-order valence-electron chi connectivity index (χ4n) is 4.43. The van der Waals surface area contributed by atoms with E-state index >= 15 is 0 Å². The van der Waals surface area contributed by atoms with E-state index in [0.717, 1.165) is 11.4 Å². The molecule has 4 heterocycles. The summed E-state index contributed by atoms with van der Waals surface area (Å²) in [5, 5.41) is 13.3. The van der Waals surface area contributed by atoms with Gasteiger partial charge in [0, 0.05) is 23.5 Å². The fourth-order valence-corrected chi connectivity index (χ4v) is 4.78. The quantitative estimate of drug-likeness (QED) is 0.381. The number of ether oxygens (including phenoxy) is 2. The molecule has 2 aliphatic heterocycles. The first kappa shape index (κ1) is 21.2. The van der Waals surface area contributed by atoms with Gasteiger partial charge in [0.15, 0.2) is 16.6 Å². The average molecular weight is 486 g/mol. The van der Waals surface area contributed by atoms with Gasteiger partial charge in [-0.05, 0) is 60.7 Å². The Morgan fingerprint density at radius 1 is 1.03 bits per heavy atom. The third-order valence-electron chi connectivity index (χ3n) is 6.04. The summed E-state index contributed by atoms with van der Waals surface area (Å²) >= 11 is 5.76. The summed E-state index contributed by atoms with van der Waals surface area (Å²) in [6.45, 7) is 0.179. The van der Waals surface area contributed by atoms with E-state index in [1.165, 1.54) is 0 Å². The number of thiocarbonyl (C=S) groups is 1. The van der Waals surface area contributed by atoms with E-state index in [-0.39, 0.29) is 24.4 Å². The standard InChI is InChI=1S/C26H19N3O5S/c30-25(31)16-5-3-4-15(12-16)19-9-10-21(34-19)24-23(18-6-1-2-11-27-18)28-26(35)29(24)17-7-8-20-22(13-17)33-14-32-20/h1-13,23-24H,14H2,(H,28,35)(H,30,31)/t23-,24-/m0/s1. The lowest BCUT2D eigenvalue weighted by Crippen LogP contribution is -2.29. The van der Waals surface area contributed by atoms with Crippen molar-refractivity contribution in [3.63, 3.8) is 0 Å². The van der Waals surface area contributed by atoms with Gasteiger partial charge in [-0.3, -0.25) is 4.98 Å². The van der Waals surface area contributed by atoms with Crippen molar-refractivity contribution in [1.82, 2.24) is 10.3 Å². The number of anilines is 1. The molecule has 0 amide bonds. The summed E-state index contributed by atoms with van der Waals surface area (Å²) in [4.78, 5) is 18.0. The smallest absolute Gasteiger partial charge is 0.335 e. The largest absolute Gasteiger partial charge is 0.478 e. The molecule has 0 spiro atoms. The number of furan rings is 1. The van der Waals surface area contributed by atoms with Gasteiger partial charge in [-0.15, -0.1) is 0 Å². The van der Waals surface area contributed by atoms with Gasteiger partial charge in [0.05, 0.1) is 17.3 Å². The van der Waals surface area contributed by atoms with Gasteiger partial charge in [0.25, 0.3) is 0 Å². The molecular weight excluding hydrogens is 466 g/mol. The molecule has 0 radical (unpaired) electrons. The van der Waals surface area contributed by atoms with Crippen molar-refractivity contribution in [2.75, 3.05) is 11.7 Å². The van der Waals surface area contributed by atoms with Crippen LogP contribution in [0.15, 0.2) is 83.4 Å². The number of nitrogens with one attached hydrogen (secondary N) is 1. The number of fused-ring (bicyclic) bond motifs is 1. The number of carbonyl (C=O) groups is 1. The minimum absolute atomic E-state index is 0.179. The van der Waals surface area contributed by atoms with Crippen molar-refractivity contribution < 1.29 is 23.8 Å². The summed E-state index contributed by atoms with van der Waals surface area (Å²) in [5.41, 5.74) is 2.50. The molecule has 35 heavy (non-hydrogen) atoms. The van der Waals surface area contributed by atoms with Crippen LogP contribution in [0.2, 0.25) is 0 Å². The maximum absolute atomic E-state index is 11.4. The highest BCUT2D eigenvalue weighted by Gasteiger charge is 2.43. The number of aromatic carboxylic acids is 1. The van der Waals surface area contributed by atoms with Crippen LogP contribution in [0.3, 0.4) is 0 Å². The second kappa shape index (κ2) is 8.44. The van der Waals surface area contributed by atoms with Crippen LogP contribution in [0.1, 0.15) is 33.9 Å². The van der Waals surface area contributed by atoms with Crippen LogP contribution in [-0.4, -0.2) is 28.0 Å². The predicted octanol–water partition coefficient (Wildman–Crippen LogP) is 4.95. The number of carboxylic acids is 1. The molecule has 0 unspecified atom stereocenters. The Morgan fingerprint density at radius 3 is 2.74 bits per heavy atom. The molecule has 2 aromatic heterocycles. The van der Waals surface area contributed by atoms with E-state index in [0.29, 0.717) is 33.7 Å². The number of hydrogen-bond donors (Lipinski definition) is 2. The Bertz CT molecular complexity index is 1440. The zero-order valence-corrected chi connectivity index (χ0v) is 19.1. The predicted molar refractivity (Wildman–Crippen MR) is 132 cm³/mol. The molecule has 4 aromatic rings. The Kier molecular flexibility index (Phi) is 5.11. The summed E-state index contributed by atoms with van der Waals surface area (Å²) in [7, 11) is 0. The first-order chi connectivity index (χ1) is 17.1. The van der Waals surface area contributed by atoms with Crippen LogP contribution in [0.4, 0.5) is 5.69 Å². The first-order valence-electron chi connectivity index (χ1n) is 10.9. The van der Waals surface area contributed by atoms with Crippen molar-refractivity contribution in [2.45, 2.75) is 12.1 Å². The maximum atomic E-state index is 11.4. The molecule has 1 fully saturated rings. The summed E-state index contributed by atoms with van der Waals surface area (Å²) in [6, 6.07) is 21.2. The molecule has 6 rings (SSSR count). The van der Waals surface area contributed by atoms with Gasteiger partial charge in [0.2, 0.25) is 6.79 Å². The lowest BCUT2D eigenvalue weighted by molar-refractivity contribution is 0.0697. The third kappa shape index (κ3) is 3.75. The molecule has 2 N–H and O–H groups in total. The Balaban J connectivity index is 1.43.